The number of para-hydroxylation sites is 1. The van der Waals surface area contributed by atoms with Gasteiger partial charge in [0.1, 0.15) is 11.9 Å². The summed E-state index contributed by atoms with van der Waals surface area (Å²) in [5.41, 5.74) is 8.43. The molecule has 0 saturated carbocycles. The van der Waals surface area contributed by atoms with E-state index in [4.69, 9.17) is 5.73 Å². The van der Waals surface area contributed by atoms with E-state index in [1.807, 2.05) is 35.0 Å². The molecule has 0 saturated heterocycles. The van der Waals surface area contributed by atoms with Gasteiger partial charge in [-0.25, -0.2) is 4.98 Å². The van der Waals surface area contributed by atoms with Crippen LogP contribution < -0.4 is 5.73 Å². The second kappa shape index (κ2) is 3.89. The molecule has 1 aromatic heterocycles. The molecule has 17 heavy (non-hydrogen) atoms. The Morgan fingerprint density at radius 1 is 1.35 bits per heavy atom. The van der Waals surface area contributed by atoms with Crippen molar-refractivity contribution >= 4 is 5.69 Å². The standard InChI is InChI=1S/C13H15N3O/c14-10-5-2-1-4-9(10)11-8-16-7-3-6-12(17)13(16)15-11/h1-2,4-5,8,12,17H,3,6-7,14H2/t12-/m1/s1. The van der Waals surface area contributed by atoms with Crippen LogP contribution in [-0.2, 0) is 6.54 Å². The molecular formula is C13H15N3O. The minimum Gasteiger partial charge on any atom is -0.398 e. The Morgan fingerprint density at radius 2 is 2.18 bits per heavy atom. The topological polar surface area (TPSA) is 64.1 Å². The van der Waals surface area contributed by atoms with E-state index in [-0.39, 0.29) is 0 Å². The molecule has 0 unspecified atom stereocenters. The summed E-state index contributed by atoms with van der Waals surface area (Å²) in [5, 5.41) is 9.88. The maximum atomic E-state index is 9.88. The van der Waals surface area contributed by atoms with Crippen LogP contribution in [0.1, 0.15) is 24.8 Å². The van der Waals surface area contributed by atoms with Gasteiger partial charge in [-0.1, -0.05) is 18.2 Å². The number of rotatable bonds is 1. The molecule has 2 heterocycles. The predicted octanol–water partition coefficient (Wildman–Crippen LogP) is 1.96. The molecule has 2 aromatic rings. The number of nitrogens with zero attached hydrogens (tertiary/aromatic N) is 2. The summed E-state index contributed by atoms with van der Waals surface area (Å²) >= 11 is 0. The fourth-order valence-corrected chi connectivity index (χ4v) is 2.32. The van der Waals surface area contributed by atoms with Crippen molar-refractivity contribution in [1.29, 1.82) is 0 Å². The van der Waals surface area contributed by atoms with Gasteiger partial charge >= 0.3 is 0 Å². The van der Waals surface area contributed by atoms with E-state index in [0.29, 0.717) is 0 Å². The van der Waals surface area contributed by atoms with Crippen LogP contribution in [-0.4, -0.2) is 14.7 Å². The summed E-state index contributed by atoms with van der Waals surface area (Å²) in [6, 6.07) is 7.67. The lowest BCUT2D eigenvalue weighted by Gasteiger charge is -2.18. The van der Waals surface area contributed by atoms with Crippen LogP contribution in [0.3, 0.4) is 0 Å². The maximum Gasteiger partial charge on any atom is 0.138 e. The van der Waals surface area contributed by atoms with E-state index in [0.717, 1.165) is 42.2 Å². The number of fused-ring (bicyclic) bond motifs is 1. The number of aliphatic hydroxyl groups is 1. The minimum absolute atomic E-state index is 0.442. The highest BCUT2D eigenvalue weighted by Gasteiger charge is 2.21. The van der Waals surface area contributed by atoms with E-state index in [9.17, 15) is 5.11 Å². The van der Waals surface area contributed by atoms with Crippen molar-refractivity contribution in [2.75, 3.05) is 5.73 Å². The molecule has 4 nitrogen and oxygen atoms in total. The molecule has 0 amide bonds. The summed E-state index contributed by atoms with van der Waals surface area (Å²) in [4.78, 5) is 4.50. The molecule has 0 bridgehead atoms. The van der Waals surface area contributed by atoms with Gasteiger partial charge in [-0.2, -0.15) is 0 Å². The third-order valence-corrected chi connectivity index (χ3v) is 3.22. The van der Waals surface area contributed by atoms with Crippen LogP contribution in [0.15, 0.2) is 30.5 Å². The van der Waals surface area contributed by atoms with Crippen LogP contribution in [0.25, 0.3) is 11.3 Å². The number of anilines is 1. The first kappa shape index (κ1) is 10.4. The first-order valence-corrected chi connectivity index (χ1v) is 5.86. The molecule has 3 N–H and O–H groups in total. The van der Waals surface area contributed by atoms with Gasteiger partial charge in [0, 0.05) is 24.0 Å². The first-order valence-electron chi connectivity index (χ1n) is 5.86. The van der Waals surface area contributed by atoms with Crippen molar-refractivity contribution in [3.05, 3.63) is 36.3 Å². The number of aromatic nitrogens is 2. The Labute approximate surface area is 99.7 Å². The van der Waals surface area contributed by atoms with Crippen molar-refractivity contribution < 1.29 is 5.11 Å². The van der Waals surface area contributed by atoms with Crippen LogP contribution in [0.5, 0.6) is 0 Å². The number of nitrogen functional groups attached to an aromatic ring is 1. The molecule has 0 spiro atoms. The number of imidazole rings is 1. The van der Waals surface area contributed by atoms with E-state index in [1.165, 1.54) is 0 Å². The van der Waals surface area contributed by atoms with Crippen molar-refractivity contribution in [1.82, 2.24) is 9.55 Å². The van der Waals surface area contributed by atoms with Crippen molar-refractivity contribution in [3.8, 4) is 11.3 Å². The Morgan fingerprint density at radius 3 is 2.94 bits per heavy atom. The zero-order valence-corrected chi connectivity index (χ0v) is 9.50. The number of aliphatic hydroxyl groups excluding tert-OH is 1. The number of aryl methyl sites for hydroxylation is 1. The molecule has 0 aliphatic carbocycles. The average molecular weight is 229 g/mol. The van der Waals surface area contributed by atoms with Crippen LogP contribution in [0.4, 0.5) is 5.69 Å². The number of hydrogen-bond acceptors (Lipinski definition) is 3. The minimum atomic E-state index is -0.442. The third kappa shape index (κ3) is 1.70. The van der Waals surface area contributed by atoms with Gasteiger partial charge in [0.25, 0.3) is 0 Å². The molecule has 4 heteroatoms. The molecule has 1 aromatic carbocycles. The molecule has 0 fully saturated rings. The lowest BCUT2D eigenvalue weighted by Crippen LogP contribution is -2.14. The summed E-state index contributed by atoms with van der Waals surface area (Å²) in [6.45, 7) is 0.923. The van der Waals surface area contributed by atoms with Crippen molar-refractivity contribution in [2.45, 2.75) is 25.5 Å². The van der Waals surface area contributed by atoms with Gasteiger partial charge in [-0.05, 0) is 18.9 Å². The van der Waals surface area contributed by atoms with E-state index >= 15 is 0 Å². The summed E-state index contributed by atoms with van der Waals surface area (Å²) in [7, 11) is 0. The summed E-state index contributed by atoms with van der Waals surface area (Å²) in [6.07, 6.45) is 3.32. The Bertz CT molecular complexity index is 547. The second-order valence-electron chi connectivity index (χ2n) is 4.42. The Hall–Kier alpha value is -1.81. The average Bonchev–Trinajstić information content (AvgIpc) is 2.75. The molecule has 3 rings (SSSR count). The largest absolute Gasteiger partial charge is 0.398 e. The molecule has 1 aliphatic rings. The van der Waals surface area contributed by atoms with Gasteiger partial charge in [-0.15, -0.1) is 0 Å². The molecule has 88 valence electrons. The smallest absolute Gasteiger partial charge is 0.138 e. The highest BCUT2D eigenvalue weighted by atomic mass is 16.3. The Kier molecular flexibility index (Phi) is 2.37. The fourth-order valence-electron chi connectivity index (χ4n) is 2.32. The van der Waals surface area contributed by atoms with Gasteiger partial charge in [0.2, 0.25) is 0 Å². The summed E-state index contributed by atoms with van der Waals surface area (Å²) in [5.74, 6) is 0.759. The lowest BCUT2D eigenvalue weighted by atomic mass is 10.1. The highest BCUT2D eigenvalue weighted by Crippen LogP contribution is 2.30. The van der Waals surface area contributed by atoms with Gasteiger partial charge in [0.15, 0.2) is 0 Å². The van der Waals surface area contributed by atoms with Crippen molar-refractivity contribution in [2.24, 2.45) is 0 Å². The van der Waals surface area contributed by atoms with Crippen LogP contribution in [0.2, 0.25) is 0 Å². The molecule has 1 atom stereocenters. The number of hydrogen-bond donors (Lipinski definition) is 2. The molecule has 0 radical (unpaired) electrons. The fraction of sp³-hybridized carbons (Fsp3) is 0.308. The van der Waals surface area contributed by atoms with Gasteiger partial charge < -0.3 is 15.4 Å². The van der Waals surface area contributed by atoms with Crippen LogP contribution in [0, 0.1) is 0 Å². The van der Waals surface area contributed by atoms with Gasteiger partial charge in [0.05, 0.1) is 5.69 Å². The third-order valence-electron chi connectivity index (χ3n) is 3.22. The monoisotopic (exact) mass is 229 g/mol. The molecular weight excluding hydrogens is 214 g/mol. The second-order valence-corrected chi connectivity index (χ2v) is 4.42. The summed E-state index contributed by atoms with van der Waals surface area (Å²) < 4.78 is 2.02. The number of benzene rings is 1. The highest BCUT2D eigenvalue weighted by molar-refractivity contribution is 5.73. The number of nitrogens with two attached hydrogens (primary N) is 1. The van der Waals surface area contributed by atoms with E-state index in [2.05, 4.69) is 4.98 Å². The zero-order valence-electron chi connectivity index (χ0n) is 9.50. The normalized spacial score (nSPS) is 19.0. The van der Waals surface area contributed by atoms with Crippen molar-refractivity contribution in [3.63, 3.8) is 0 Å². The first-order chi connectivity index (χ1) is 8.25. The predicted molar refractivity (Wildman–Crippen MR) is 66.3 cm³/mol. The lowest BCUT2D eigenvalue weighted by molar-refractivity contribution is 0.134. The zero-order chi connectivity index (χ0) is 11.8. The maximum absolute atomic E-state index is 9.88. The van der Waals surface area contributed by atoms with Crippen LogP contribution >= 0.6 is 0 Å². The quantitative estimate of drug-likeness (QED) is 0.735. The van der Waals surface area contributed by atoms with Gasteiger partial charge in [-0.3, -0.25) is 0 Å². The van der Waals surface area contributed by atoms with E-state index in [1.54, 1.807) is 0 Å². The molecule has 1 aliphatic heterocycles. The Balaban J connectivity index is 2.08. The van der Waals surface area contributed by atoms with E-state index < -0.39 is 6.10 Å². The SMILES string of the molecule is Nc1ccccc1-c1cn2c(n1)[C@H](O)CCC2.